The van der Waals surface area contributed by atoms with E-state index < -0.39 is 9.84 Å². The predicted molar refractivity (Wildman–Crippen MR) is 170 cm³/mol. The van der Waals surface area contributed by atoms with Crippen LogP contribution in [0.5, 0.6) is 11.5 Å². The van der Waals surface area contributed by atoms with Gasteiger partial charge in [-0.05, 0) is 77.9 Å². The molecule has 0 bridgehead atoms. The van der Waals surface area contributed by atoms with Crippen molar-refractivity contribution in [1.29, 1.82) is 0 Å². The minimum absolute atomic E-state index is 0.0156. The maximum absolute atomic E-state index is 13.7. The summed E-state index contributed by atoms with van der Waals surface area (Å²) in [4.78, 5) is 27.2. The smallest absolute Gasteiger partial charge is 0.255 e. The third-order valence-electron chi connectivity index (χ3n) is 7.71. The highest BCUT2D eigenvalue weighted by atomic mass is 32.2. The summed E-state index contributed by atoms with van der Waals surface area (Å²) < 4.78 is 38.1. The summed E-state index contributed by atoms with van der Waals surface area (Å²) in [6.45, 7) is 1.99. The number of methoxy groups -OCH3 is 2. The van der Waals surface area contributed by atoms with Gasteiger partial charge in [0.2, 0.25) is 0 Å². The van der Waals surface area contributed by atoms with Crippen molar-refractivity contribution in [3.05, 3.63) is 113 Å². The number of hydrogen-bond donors (Lipinski definition) is 1. The maximum Gasteiger partial charge on any atom is 0.255 e. The minimum atomic E-state index is -3.78. The molecule has 1 saturated heterocycles. The lowest BCUT2D eigenvalue weighted by Crippen LogP contribution is -2.41. The standard InChI is InChI=1S/C35H36N2O6S/c1-42-31-15-4-3-14-30(31)34(38)36-18-7-11-25-9-5-10-26(21-25)24-44(40,41)33-23-28(16-17-32(33)43-2)27-12-6-13-29(22-27)35(39)37-19-8-20-37/h3-6,9-10,12-17,21-23H,7-8,11,18-20,24H2,1-2H3,(H,36,38). The van der Waals surface area contributed by atoms with Crippen LogP contribution in [0.1, 0.15) is 44.7 Å². The first-order valence-corrected chi connectivity index (χ1v) is 16.2. The van der Waals surface area contributed by atoms with Gasteiger partial charge in [-0.15, -0.1) is 0 Å². The molecule has 0 aliphatic carbocycles. The first-order valence-electron chi connectivity index (χ1n) is 14.6. The number of carbonyl (C=O) groups excluding carboxylic acids is 2. The number of carbonyl (C=O) groups is 2. The lowest BCUT2D eigenvalue weighted by molar-refractivity contribution is 0.0651. The zero-order valence-electron chi connectivity index (χ0n) is 24.9. The van der Waals surface area contributed by atoms with Gasteiger partial charge in [0.15, 0.2) is 9.84 Å². The topological polar surface area (TPSA) is 102 Å². The van der Waals surface area contributed by atoms with Crippen LogP contribution in [-0.2, 0) is 22.0 Å². The molecule has 2 amide bonds. The highest BCUT2D eigenvalue weighted by Gasteiger charge is 2.24. The monoisotopic (exact) mass is 612 g/mol. The number of rotatable bonds is 12. The molecule has 1 heterocycles. The van der Waals surface area contributed by atoms with Crippen molar-refractivity contribution in [2.24, 2.45) is 0 Å². The molecule has 1 aliphatic rings. The molecule has 1 N–H and O–H groups in total. The van der Waals surface area contributed by atoms with Gasteiger partial charge in [0.05, 0.1) is 25.5 Å². The molecule has 9 heteroatoms. The van der Waals surface area contributed by atoms with Gasteiger partial charge in [-0.3, -0.25) is 9.59 Å². The number of nitrogens with zero attached hydrogens (tertiary/aromatic N) is 1. The molecule has 44 heavy (non-hydrogen) atoms. The molecule has 4 aromatic carbocycles. The summed E-state index contributed by atoms with van der Waals surface area (Å²) in [6.07, 6.45) is 2.37. The van der Waals surface area contributed by atoms with Gasteiger partial charge in [-0.1, -0.05) is 54.6 Å². The Balaban J connectivity index is 1.26. The third kappa shape index (κ3) is 7.11. The molecule has 5 rings (SSSR count). The Hall–Kier alpha value is -4.63. The Labute approximate surface area is 258 Å². The van der Waals surface area contributed by atoms with Crippen molar-refractivity contribution >= 4 is 21.7 Å². The van der Waals surface area contributed by atoms with Crippen molar-refractivity contribution in [3.8, 4) is 22.6 Å². The Morgan fingerprint density at radius 2 is 1.52 bits per heavy atom. The summed E-state index contributed by atoms with van der Waals surface area (Å²) in [7, 11) is -0.798. The Morgan fingerprint density at radius 3 is 2.27 bits per heavy atom. The molecule has 0 unspecified atom stereocenters. The Kier molecular flexibility index (Phi) is 9.65. The number of hydrogen-bond acceptors (Lipinski definition) is 6. The van der Waals surface area contributed by atoms with Gasteiger partial charge >= 0.3 is 0 Å². The molecular formula is C35H36N2O6S. The van der Waals surface area contributed by atoms with E-state index in [1.807, 2.05) is 36.4 Å². The van der Waals surface area contributed by atoms with Crippen molar-refractivity contribution in [1.82, 2.24) is 10.2 Å². The number of aryl methyl sites for hydroxylation is 1. The van der Waals surface area contributed by atoms with Crippen molar-refractivity contribution in [2.45, 2.75) is 29.9 Å². The second-order valence-electron chi connectivity index (χ2n) is 10.7. The van der Waals surface area contributed by atoms with Gasteiger partial charge in [0, 0.05) is 25.2 Å². The molecule has 0 aromatic heterocycles. The zero-order chi connectivity index (χ0) is 31.1. The Bertz CT molecular complexity index is 1760. The number of sulfone groups is 1. The second-order valence-corrected chi connectivity index (χ2v) is 12.7. The largest absolute Gasteiger partial charge is 0.496 e. The fourth-order valence-electron chi connectivity index (χ4n) is 5.23. The Morgan fingerprint density at radius 1 is 0.795 bits per heavy atom. The fourth-order valence-corrected chi connectivity index (χ4v) is 6.77. The van der Waals surface area contributed by atoms with E-state index in [9.17, 15) is 18.0 Å². The molecule has 1 aliphatic heterocycles. The summed E-state index contributed by atoms with van der Waals surface area (Å²) in [6, 6.07) is 26.9. The van der Waals surface area contributed by atoms with Crippen LogP contribution < -0.4 is 14.8 Å². The molecule has 4 aromatic rings. The van der Waals surface area contributed by atoms with Crippen LogP contribution in [0.15, 0.2) is 95.9 Å². The van der Waals surface area contributed by atoms with E-state index in [0.717, 1.165) is 30.6 Å². The van der Waals surface area contributed by atoms with Crippen LogP contribution in [0.2, 0.25) is 0 Å². The van der Waals surface area contributed by atoms with Crippen LogP contribution in [0, 0.1) is 0 Å². The molecule has 0 radical (unpaired) electrons. The van der Waals surface area contributed by atoms with Crippen molar-refractivity contribution in [2.75, 3.05) is 33.9 Å². The van der Waals surface area contributed by atoms with Crippen LogP contribution in [0.25, 0.3) is 11.1 Å². The van der Waals surface area contributed by atoms with Crippen molar-refractivity contribution < 1.29 is 27.5 Å². The quantitative estimate of drug-likeness (QED) is 0.211. The lowest BCUT2D eigenvalue weighted by Gasteiger charge is -2.31. The molecule has 0 spiro atoms. The van der Waals surface area contributed by atoms with E-state index >= 15 is 0 Å². The average Bonchev–Trinajstić information content (AvgIpc) is 3.02. The summed E-state index contributed by atoms with van der Waals surface area (Å²) in [5.74, 6) is 0.375. The normalized spacial score (nSPS) is 12.7. The fraction of sp³-hybridized carbons (Fsp3) is 0.257. The van der Waals surface area contributed by atoms with Crippen LogP contribution >= 0.6 is 0 Å². The number of nitrogens with one attached hydrogen (secondary N) is 1. The van der Waals surface area contributed by atoms with E-state index in [1.54, 1.807) is 59.5 Å². The summed E-state index contributed by atoms with van der Waals surface area (Å²) >= 11 is 0. The zero-order valence-corrected chi connectivity index (χ0v) is 25.7. The molecule has 228 valence electrons. The number of likely N-dealkylation sites (tertiary alicyclic amines) is 1. The van der Waals surface area contributed by atoms with E-state index in [1.165, 1.54) is 14.2 Å². The van der Waals surface area contributed by atoms with Crippen molar-refractivity contribution in [3.63, 3.8) is 0 Å². The van der Waals surface area contributed by atoms with E-state index in [2.05, 4.69) is 5.32 Å². The molecule has 8 nitrogen and oxygen atoms in total. The molecule has 0 saturated carbocycles. The van der Waals surface area contributed by atoms with E-state index in [-0.39, 0.29) is 28.2 Å². The second kappa shape index (κ2) is 13.8. The molecular weight excluding hydrogens is 576 g/mol. The minimum Gasteiger partial charge on any atom is -0.496 e. The first-order chi connectivity index (χ1) is 21.3. The number of ether oxygens (including phenoxy) is 2. The highest BCUT2D eigenvalue weighted by Crippen LogP contribution is 2.33. The van der Waals surface area contributed by atoms with Gasteiger partial charge in [0.1, 0.15) is 16.4 Å². The maximum atomic E-state index is 13.7. The summed E-state index contributed by atoms with van der Waals surface area (Å²) in [5.41, 5.74) is 4.15. The van der Waals surface area contributed by atoms with Crippen LogP contribution in [0.3, 0.4) is 0 Å². The van der Waals surface area contributed by atoms with Gasteiger partial charge < -0.3 is 19.7 Å². The molecule has 1 fully saturated rings. The number of benzene rings is 4. The lowest BCUT2D eigenvalue weighted by atomic mass is 10.0. The van der Waals surface area contributed by atoms with Gasteiger partial charge in [-0.2, -0.15) is 0 Å². The summed E-state index contributed by atoms with van der Waals surface area (Å²) in [5, 5.41) is 2.92. The number of para-hydroxylation sites is 1. The highest BCUT2D eigenvalue weighted by molar-refractivity contribution is 7.90. The predicted octanol–water partition coefficient (Wildman–Crippen LogP) is 5.55. The van der Waals surface area contributed by atoms with Crippen LogP contribution in [-0.4, -0.2) is 59.0 Å². The third-order valence-corrected chi connectivity index (χ3v) is 9.41. The average molecular weight is 613 g/mol. The SMILES string of the molecule is COc1ccccc1C(=O)NCCCc1cccc(CS(=O)(=O)c2cc(-c3cccc(C(=O)N4CCC4)c3)ccc2OC)c1. The van der Waals surface area contributed by atoms with Gasteiger partial charge in [-0.25, -0.2) is 8.42 Å². The molecule has 0 atom stereocenters. The first kappa shape index (κ1) is 30.8. The van der Waals surface area contributed by atoms with E-state index in [4.69, 9.17) is 9.47 Å². The number of amides is 2. The van der Waals surface area contributed by atoms with Crippen LogP contribution in [0.4, 0.5) is 0 Å². The van der Waals surface area contributed by atoms with E-state index in [0.29, 0.717) is 47.4 Å². The van der Waals surface area contributed by atoms with Gasteiger partial charge in [0.25, 0.3) is 11.8 Å².